The van der Waals surface area contributed by atoms with Crippen LogP contribution in [0.5, 0.6) is 5.75 Å². The van der Waals surface area contributed by atoms with Gasteiger partial charge in [-0.25, -0.2) is 4.79 Å². The number of carbonyl (C=O) groups is 3. The molecule has 0 aliphatic heterocycles. The third kappa shape index (κ3) is 4.45. The van der Waals surface area contributed by atoms with E-state index in [0.717, 1.165) is 6.92 Å². The van der Waals surface area contributed by atoms with Gasteiger partial charge in [-0.05, 0) is 55.0 Å². The third-order valence-corrected chi connectivity index (χ3v) is 6.32. The van der Waals surface area contributed by atoms with E-state index < -0.39 is 17.5 Å². The van der Waals surface area contributed by atoms with Crippen LogP contribution in [0.1, 0.15) is 34.1 Å². The van der Waals surface area contributed by atoms with Crippen LogP contribution in [-0.2, 0) is 26.3 Å². The average Bonchev–Trinajstić information content (AvgIpc) is 3.15. The Kier molecular flexibility index (Phi) is 6.86. The molecule has 0 aliphatic rings. The summed E-state index contributed by atoms with van der Waals surface area (Å²) in [5.74, 6) is -2.04. The summed E-state index contributed by atoms with van der Waals surface area (Å²) in [4.78, 5) is 38.9. The molecule has 8 heteroatoms. The lowest BCUT2D eigenvalue weighted by Gasteiger charge is -2.30. The van der Waals surface area contributed by atoms with Gasteiger partial charge in [-0.3, -0.25) is 14.2 Å². The number of carboxylic acids is 1. The topological polar surface area (TPSA) is 94.8 Å². The van der Waals surface area contributed by atoms with Crippen molar-refractivity contribution < 1.29 is 29.0 Å². The number of hydrogen-bond acceptors (Lipinski definition) is 5. The maximum absolute atomic E-state index is 13.7. The van der Waals surface area contributed by atoms with Gasteiger partial charge in [-0.15, -0.1) is 0 Å². The number of aromatic nitrogens is 1. The van der Waals surface area contributed by atoms with Crippen molar-refractivity contribution in [1.82, 2.24) is 4.57 Å². The number of methoxy groups -OCH3 is 1. The number of benzene rings is 3. The molecule has 4 aromatic rings. The summed E-state index contributed by atoms with van der Waals surface area (Å²) < 4.78 is 12.5. The number of rotatable bonds is 7. The van der Waals surface area contributed by atoms with Crippen LogP contribution >= 0.6 is 11.6 Å². The van der Waals surface area contributed by atoms with Crippen molar-refractivity contribution in [3.05, 3.63) is 100 Å². The van der Waals surface area contributed by atoms with E-state index in [1.54, 1.807) is 73.7 Å². The fourth-order valence-corrected chi connectivity index (χ4v) is 4.67. The molecule has 0 fully saturated rings. The van der Waals surface area contributed by atoms with Crippen LogP contribution in [-0.4, -0.2) is 34.6 Å². The Morgan fingerprint density at radius 1 is 1.00 bits per heavy atom. The van der Waals surface area contributed by atoms with E-state index in [2.05, 4.69) is 0 Å². The maximum atomic E-state index is 13.7. The lowest BCUT2D eigenvalue weighted by atomic mass is 9.85. The summed E-state index contributed by atoms with van der Waals surface area (Å²) in [6, 6.07) is 20.3. The van der Waals surface area contributed by atoms with Gasteiger partial charge >= 0.3 is 11.9 Å². The van der Waals surface area contributed by atoms with Gasteiger partial charge in [0.1, 0.15) is 5.75 Å². The first kappa shape index (κ1) is 25.0. The van der Waals surface area contributed by atoms with Crippen molar-refractivity contribution in [2.45, 2.75) is 25.9 Å². The zero-order valence-corrected chi connectivity index (χ0v) is 20.7. The van der Waals surface area contributed by atoms with E-state index in [1.807, 2.05) is 6.07 Å². The van der Waals surface area contributed by atoms with E-state index in [-0.39, 0.29) is 17.9 Å². The van der Waals surface area contributed by atoms with Crippen molar-refractivity contribution in [2.75, 3.05) is 7.11 Å². The SMILES string of the molecule is COc1ccc2c(c1)c(C(Cc1ccccc1)(OC(C)=O)C(=O)O)c(C)n2C(=O)c1ccc(Cl)cc1. The van der Waals surface area contributed by atoms with Crippen molar-refractivity contribution >= 4 is 40.3 Å². The summed E-state index contributed by atoms with van der Waals surface area (Å²) in [7, 11) is 1.49. The van der Waals surface area contributed by atoms with Crippen molar-refractivity contribution in [1.29, 1.82) is 0 Å². The minimum absolute atomic E-state index is 0.144. The zero-order chi connectivity index (χ0) is 26.0. The van der Waals surface area contributed by atoms with Gasteiger partial charge in [0.2, 0.25) is 5.60 Å². The molecule has 1 atom stereocenters. The number of ether oxygens (including phenoxy) is 2. The number of carboxylic acid groups (broad SMARTS) is 1. The van der Waals surface area contributed by atoms with Gasteiger partial charge in [-0.2, -0.15) is 0 Å². The van der Waals surface area contributed by atoms with Gasteiger partial charge in [0.15, 0.2) is 0 Å². The minimum atomic E-state index is -2.10. The van der Waals surface area contributed by atoms with E-state index in [4.69, 9.17) is 21.1 Å². The minimum Gasteiger partial charge on any atom is -0.497 e. The highest BCUT2D eigenvalue weighted by Gasteiger charge is 2.48. The summed E-state index contributed by atoms with van der Waals surface area (Å²) >= 11 is 6.00. The molecule has 0 radical (unpaired) electrons. The number of nitrogens with zero attached hydrogens (tertiary/aromatic N) is 1. The molecule has 36 heavy (non-hydrogen) atoms. The fourth-order valence-electron chi connectivity index (χ4n) is 4.55. The molecule has 3 aromatic carbocycles. The Hall–Kier alpha value is -4.10. The second-order valence-electron chi connectivity index (χ2n) is 8.38. The van der Waals surface area contributed by atoms with Gasteiger partial charge in [0.25, 0.3) is 5.91 Å². The highest BCUT2D eigenvalue weighted by atomic mass is 35.5. The molecule has 1 N–H and O–H groups in total. The lowest BCUT2D eigenvalue weighted by molar-refractivity contribution is -0.179. The van der Waals surface area contributed by atoms with E-state index >= 15 is 0 Å². The summed E-state index contributed by atoms with van der Waals surface area (Å²) in [6.07, 6.45) is -0.144. The monoisotopic (exact) mass is 505 g/mol. The molecule has 0 saturated carbocycles. The predicted molar refractivity (Wildman–Crippen MR) is 136 cm³/mol. The predicted octanol–water partition coefficient (Wildman–Crippen LogP) is 5.39. The normalized spacial score (nSPS) is 12.7. The third-order valence-electron chi connectivity index (χ3n) is 6.07. The van der Waals surface area contributed by atoms with Gasteiger partial charge in [-0.1, -0.05) is 41.9 Å². The molecule has 1 unspecified atom stereocenters. The standard InChI is InChI=1S/C28H24ClNO6/c1-17-25(28(27(33)34,36-18(2)31)16-19-7-5-4-6-8-19)23-15-22(35-3)13-14-24(23)30(17)26(32)20-9-11-21(29)12-10-20/h4-15H,16H2,1-3H3,(H,33,34). The first-order valence-electron chi connectivity index (χ1n) is 11.1. The Bertz CT molecular complexity index is 1460. The maximum Gasteiger partial charge on any atom is 0.353 e. The number of halogens is 1. The summed E-state index contributed by atoms with van der Waals surface area (Å²) in [5, 5.41) is 11.5. The van der Waals surface area contributed by atoms with Crippen molar-refractivity contribution in [3.8, 4) is 5.75 Å². The number of aliphatic carboxylic acids is 1. The van der Waals surface area contributed by atoms with E-state index in [1.165, 1.54) is 11.7 Å². The first-order chi connectivity index (χ1) is 17.2. The molecular weight excluding hydrogens is 482 g/mol. The average molecular weight is 506 g/mol. The van der Waals surface area contributed by atoms with Crippen molar-refractivity contribution in [3.63, 3.8) is 0 Å². The van der Waals surface area contributed by atoms with Crippen LogP contribution in [0.4, 0.5) is 0 Å². The molecule has 4 rings (SSSR count). The molecule has 0 saturated heterocycles. The number of hydrogen-bond donors (Lipinski definition) is 1. The van der Waals surface area contributed by atoms with Crippen LogP contribution < -0.4 is 4.74 Å². The first-order valence-corrected chi connectivity index (χ1v) is 11.5. The largest absolute Gasteiger partial charge is 0.497 e. The van der Waals surface area contributed by atoms with Crippen molar-refractivity contribution in [2.24, 2.45) is 0 Å². The van der Waals surface area contributed by atoms with Crippen LogP contribution in [0.3, 0.4) is 0 Å². The molecular formula is C28H24ClNO6. The number of fused-ring (bicyclic) bond motifs is 1. The molecule has 0 amide bonds. The molecule has 7 nitrogen and oxygen atoms in total. The zero-order valence-electron chi connectivity index (χ0n) is 19.9. The molecule has 1 heterocycles. The highest BCUT2D eigenvalue weighted by molar-refractivity contribution is 6.30. The van der Waals surface area contributed by atoms with Crippen LogP contribution in [0.15, 0.2) is 72.8 Å². The van der Waals surface area contributed by atoms with E-state index in [0.29, 0.717) is 38.5 Å². The second kappa shape index (κ2) is 9.87. The van der Waals surface area contributed by atoms with E-state index in [9.17, 15) is 19.5 Å². The Morgan fingerprint density at radius 3 is 2.25 bits per heavy atom. The Morgan fingerprint density at radius 2 is 1.67 bits per heavy atom. The molecule has 0 aliphatic carbocycles. The Labute approximate surface area is 212 Å². The highest BCUT2D eigenvalue weighted by Crippen LogP contribution is 2.41. The van der Waals surface area contributed by atoms with Crippen LogP contribution in [0, 0.1) is 6.92 Å². The second-order valence-corrected chi connectivity index (χ2v) is 8.82. The van der Waals surface area contributed by atoms with Crippen LogP contribution in [0.25, 0.3) is 10.9 Å². The molecule has 0 spiro atoms. The number of esters is 1. The van der Waals surface area contributed by atoms with Gasteiger partial charge < -0.3 is 14.6 Å². The lowest BCUT2D eigenvalue weighted by Crippen LogP contribution is -2.43. The Balaban J connectivity index is 2.06. The quantitative estimate of drug-likeness (QED) is 0.338. The smallest absolute Gasteiger partial charge is 0.353 e. The van der Waals surface area contributed by atoms with Crippen LogP contribution in [0.2, 0.25) is 5.02 Å². The fraction of sp³-hybridized carbons (Fsp3) is 0.179. The molecule has 0 bridgehead atoms. The summed E-state index contributed by atoms with van der Waals surface area (Å²) in [6.45, 7) is 2.80. The van der Waals surface area contributed by atoms with Gasteiger partial charge in [0.05, 0.1) is 12.6 Å². The summed E-state index contributed by atoms with van der Waals surface area (Å²) in [5.41, 5.74) is -0.114. The number of carbonyl (C=O) groups excluding carboxylic acids is 2. The molecule has 1 aromatic heterocycles. The van der Waals surface area contributed by atoms with Gasteiger partial charge in [0, 0.05) is 40.6 Å². The molecule has 184 valence electrons.